The average Bonchev–Trinajstić information content (AvgIpc) is 2.83. The number of pyridine rings is 2. The fraction of sp³-hybridized carbons (Fsp3) is 0.556. The molecule has 0 aromatic carbocycles. The number of carbonyl (C=O) groups is 2. The fourth-order valence-corrected chi connectivity index (χ4v) is 3.81. The molecule has 0 bridgehead atoms. The van der Waals surface area contributed by atoms with Gasteiger partial charge in [0.15, 0.2) is 0 Å². The highest BCUT2D eigenvalue weighted by molar-refractivity contribution is 5.92. The molecule has 33 heavy (non-hydrogen) atoms. The van der Waals surface area contributed by atoms with Crippen LogP contribution in [0.1, 0.15) is 92.3 Å². The van der Waals surface area contributed by atoms with E-state index in [-0.39, 0.29) is 5.91 Å². The highest BCUT2D eigenvalue weighted by Gasteiger charge is 2.14. The number of aromatic nitrogens is 2. The Morgan fingerprint density at radius 2 is 1.94 bits per heavy atom. The number of carbonyl (C=O) groups excluding carboxylic acids is 2. The van der Waals surface area contributed by atoms with Crippen LogP contribution in [0.15, 0.2) is 30.5 Å². The number of amides is 1. The summed E-state index contributed by atoms with van der Waals surface area (Å²) in [4.78, 5) is 32.6. The molecule has 2 heterocycles. The van der Waals surface area contributed by atoms with Gasteiger partial charge in [-0.3, -0.25) is 9.78 Å². The summed E-state index contributed by atoms with van der Waals surface area (Å²) in [7, 11) is 0. The Balaban J connectivity index is 2.13. The molecule has 0 aliphatic heterocycles. The Hall–Kier alpha value is -2.60. The summed E-state index contributed by atoms with van der Waals surface area (Å²) in [6.07, 6.45) is 10.2. The van der Waals surface area contributed by atoms with Crippen LogP contribution in [0.2, 0.25) is 0 Å². The van der Waals surface area contributed by atoms with Crippen molar-refractivity contribution in [3.8, 4) is 0 Å². The first-order valence-electron chi connectivity index (χ1n) is 12.3. The van der Waals surface area contributed by atoms with Gasteiger partial charge in [-0.15, -0.1) is 0 Å². The predicted octanol–water partition coefficient (Wildman–Crippen LogP) is 5.07. The maximum absolute atomic E-state index is 12.9. The van der Waals surface area contributed by atoms with Crippen LogP contribution in [0.5, 0.6) is 0 Å². The Labute approximate surface area is 198 Å². The van der Waals surface area contributed by atoms with Crippen LogP contribution in [0.25, 0.3) is 0 Å². The molecule has 0 aliphatic carbocycles. The lowest BCUT2D eigenvalue weighted by molar-refractivity contribution is -0.107. The molecule has 6 heteroatoms. The quantitative estimate of drug-likeness (QED) is 0.283. The Morgan fingerprint density at radius 1 is 1.12 bits per heavy atom. The molecule has 0 fully saturated rings. The molecule has 1 unspecified atom stereocenters. The number of aryl methyl sites for hydroxylation is 1. The van der Waals surface area contributed by atoms with E-state index in [9.17, 15) is 9.59 Å². The molecule has 1 amide bonds. The minimum atomic E-state index is -0.134. The van der Waals surface area contributed by atoms with Gasteiger partial charge in [0.2, 0.25) is 0 Å². The van der Waals surface area contributed by atoms with Crippen molar-refractivity contribution >= 4 is 12.2 Å². The van der Waals surface area contributed by atoms with E-state index in [0.717, 1.165) is 41.6 Å². The van der Waals surface area contributed by atoms with E-state index in [4.69, 9.17) is 4.74 Å². The summed E-state index contributed by atoms with van der Waals surface area (Å²) >= 11 is 0. The molecule has 0 spiro atoms. The van der Waals surface area contributed by atoms with E-state index in [1.165, 1.54) is 19.3 Å². The lowest BCUT2D eigenvalue weighted by Gasteiger charge is -2.16. The van der Waals surface area contributed by atoms with E-state index >= 15 is 0 Å². The zero-order chi connectivity index (χ0) is 23.9. The van der Waals surface area contributed by atoms with E-state index in [2.05, 4.69) is 29.1 Å². The molecule has 0 aliphatic rings. The number of ether oxygens (including phenoxy) is 1. The van der Waals surface area contributed by atoms with Crippen molar-refractivity contribution in [3.05, 3.63) is 58.7 Å². The van der Waals surface area contributed by atoms with Crippen molar-refractivity contribution in [2.45, 2.75) is 78.7 Å². The number of unbranched alkanes of at least 4 members (excludes halogenated alkanes) is 2. The minimum Gasteiger partial charge on any atom is -0.377 e. The third kappa shape index (κ3) is 9.82. The molecule has 1 N–H and O–H groups in total. The number of rotatable bonds is 16. The second-order valence-corrected chi connectivity index (χ2v) is 8.51. The number of hydrogen-bond acceptors (Lipinski definition) is 5. The topological polar surface area (TPSA) is 81.2 Å². The third-order valence-corrected chi connectivity index (χ3v) is 5.77. The molecule has 1 atom stereocenters. The standard InChI is InChI=1S/C27H39N3O3/c1-4-7-8-10-21(5-2)19-29-27(32)26-18-23(20-33-6-3)17-25(30-26)16-22-12-13-28-24(15-22)11-9-14-31/h12-15,17-18,21H,4-11,16,19-20H2,1-3H3,(H,29,32). The lowest BCUT2D eigenvalue weighted by Crippen LogP contribution is -2.30. The van der Waals surface area contributed by atoms with Gasteiger partial charge < -0.3 is 14.8 Å². The monoisotopic (exact) mass is 453 g/mol. The maximum atomic E-state index is 12.9. The van der Waals surface area contributed by atoms with Crippen LogP contribution in [-0.2, 0) is 29.0 Å². The van der Waals surface area contributed by atoms with Crippen molar-refractivity contribution in [3.63, 3.8) is 0 Å². The number of hydrogen-bond donors (Lipinski definition) is 1. The van der Waals surface area contributed by atoms with E-state index in [1.807, 2.05) is 31.2 Å². The number of nitrogens with zero attached hydrogens (tertiary/aromatic N) is 2. The van der Waals surface area contributed by atoms with Crippen LogP contribution in [0.4, 0.5) is 0 Å². The highest BCUT2D eigenvalue weighted by Crippen LogP contribution is 2.15. The zero-order valence-corrected chi connectivity index (χ0v) is 20.4. The Kier molecular flexibility index (Phi) is 12.3. The predicted molar refractivity (Wildman–Crippen MR) is 131 cm³/mol. The van der Waals surface area contributed by atoms with Gasteiger partial charge in [0, 0.05) is 43.6 Å². The molecular formula is C27H39N3O3. The Morgan fingerprint density at radius 3 is 2.67 bits per heavy atom. The SMILES string of the molecule is CCCCCC(CC)CNC(=O)c1cc(COCC)cc(Cc2ccnc(CCC=O)c2)n1. The summed E-state index contributed by atoms with van der Waals surface area (Å²) in [6.45, 7) is 8.08. The first-order valence-corrected chi connectivity index (χ1v) is 12.3. The van der Waals surface area contributed by atoms with Crippen molar-refractivity contribution in [2.75, 3.05) is 13.2 Å². The van der Waals surface area contributed by atoms with Crippen molar-refractivity contribution < 1.29 is 14.3 Å². The lowest BCUT2D eigenvalue weighted by atomic mass is 9.98. The summed E-state index contributed by atoms with van der Waals surface area (Å²) in [6, 6.07) is 7.78. The number of nitrogens with one attached hydrogen (secondary N) is 1. The molecule has 2 rings (SSSR count). The maximum Gasteiger partial charge on any atom is 0.269 e. The van der Waals surface area contributed by atoms with Gasteiger partial charge in [0.05, 0.1) is 6.61 Å². The normalized spacial score (nSPS) is 11.8. The van der Waals surface area contributed by atoms with Gasteiger partial charge in [-0.25, -0.2) is 4.98 Å². The van der Waals surface area contributed by atoms with Crippen LogP contribution < -0.4 is 5.32 Å². The molecule has 2 aromatic rings. The summed E-state index contributed by atoms with van der Waals surface area (Å²) < 4.78 is 5.59. The van der Waals surface area contributed by atoms with E-state index in [1.54, 1.807) is 6.20 Å². The molecule has 180 valence electrons. The average molecular weight is 454 g/mol. The highest BCUT2D eigenvalue weighted by atomic mass is 16.5. The van der Waals surface area contributed by atoms with E-state index < -0.39 is 0 Å². The molecule has 0 radical (unpaired) electrons. The minimum absolute atomic E-state index is 0.134. The summed E-state index contributed by atoms with van der Waals surface area (Å²) in [5.74, 6) is 0.359. The van der Waals surface area contributed by atoms with E-state index in [0.29, 0.717) is 50.6 Å². The van der Waals surface area contributed by atoms with Gasteiger partial charge in [0.1, 0.15) is 12.0 Å². The van der Waals surface area contributed by atoms with Crippen LogP contribution in [0, 0.1) is 5.92 Å². The van der Waals surface area contributed by atoms with Crippen LogP contribution >= 0.6 is 0 Å². The molecule has 0 saturated heterocycles. The zero-order valence-electron chi connectivity index (χ0n) is 20.4. The van der Waals surface area contributed by atoms with Crippen molar-refractivity contribution in [1.29, 1.82) is 0 Å². The summed E-state index contributed by atoms with van der Waals surface area (Å²) in [5, 5.41) is 3.10. The van der Waals surface area contributed by atoms with Crippen LogP contribution in [0.3, 0.4) is 0 Å². The molecular weight excluding hydrogens is 414 g/mol. The molecule has 0 saturated carbocycles. The van der Waals surface area contributed by atoms with Gasteiger partial charge in [-0.05, 0) is 61.1 Å². The van der Waals surface area contributed by atoms with Gasteiger partial charge in [-0.2, -0.15) is 0 Å². The van der Waals surface area contributed by atoms with Crippen molar-refractivity contribution in [1.82, 2.24) is 15.3 Å². The van der Waals surface area contributed by atoms with Crippen molar-refractivity contribution in [2.24, 2.45) is 5.92 Å². The second kappa shape index (κ2) is 15.3. The second-order valence-electron chi connectivity index (χ2n) is 8.51. The van der Waals surface area contributed by atoms with Gasteiger partial charge >= 0.3 is 0 Å². The first-order chi connectivity index (χ1) is 16.1. The molecule has 2 aromatic heterocycles. The third-order valence-electron chi connectivity index (χ3n) is 5.77. The number of aldehydes is 1. The molecule has 6 nitrogen and oxygen atoms in total. The van der Waals surface area contributed by atoms with Gasteiger partial charge in [-0.1, -0.05) is 39.5 Å². The largest absolute Gasteiger partial charge is 0.377 e. The first kappa shape index (κ1) is 26.7. The smallest absolute Gasteiger partial charge is 0.269 e. The fourth-order valence-electron chi connectivity index (χ4n) is 3.81. The summed E-state index contributed by atoms with van der Waals surface area (Å²) in [5.41, 5.74) is 4.13. The van der Waals surface area contributed by atoms with Gasteiger partial charge in [0.25, 0.3) is 5.91 Å². The van der Waals surface area contributed by atoms with Crippen LogP contribution in [-0.4, -0.2) is 35.3 Å². The Bertz CT molecular complexity index is 869.